The molecule has 0 atom stereocenters. The van der Waals surface area contributed by atoms with Crippen molar-refractivity contribution in [3.05, 3.63) is 0 Å². The average molecular weight is 195 g/mol. The van der Waals surface area contributed by atoms with Crippen LogP contribution in [0.4, 0.5) is 0 Å². The molecule has 0 saturated heterocycles. The van der Waals surface area contributed by atoms with Crippen LogP contribution in [0.5, 0.6) is 0 Å². The van der Waals surface area contributed by atoms with E-state index in [2.05, 4.69) is 24.8 Å². The van der Waals surface area contributed by atoms with Gasteiger partial charge in [-0.05, 0) is 26.1 Å². The predicted octanol–water partition coefficient (Wildman–Crippen LogP) is 1.62. The zero-order valence-electron chi connectivity index (χ0n) is 4.67. The number of hydrogen-bond donors (Lipinski definition) is 1. The standard InChI is InChI=1S/C4H8OS2.Co/c1-3(2)5-4(6)7;/h3H,1-2H3,(H,6,7);. The molecule has 0 aromatic rings. The van der Waals surface area contributed by atoms with Gasteiger partial charge in [0.05, 0.1) is 6.10 Å². The van der Waals surface area contributed by atoms with Gasteiger partial charge >= 0.3 is 0 Å². The smallest absolute Gasteiger partial charge is 0.217 e. The molecule has 0 fully saturated rings. The molecular weight excluding hydrogens is 187 g/mol. The van der Waals surface area contributed by atoms with Gasteiger partial charge in [-0.15, -0.1) is 0 Å². The second kappa shape index (κ2) is 5.88. The van der Waals surface area contributed by atoms with Gasteiger partial charge in [-0.1, -0.05) is 12.6 Å². The topological polar surface area (TPSA) is 9.23 Å². The number of thiol groups is 1. The monoisotopic (exact) mass is 195 g/mol. The van der Waals surface area contributed by atoms with Crippen molar-refractivity contribution in [1.29, 1.82) is 0 Å². The second-order valence-electron chi connectivity index (χ2n) is 1.43. The van der Waals surface area contributed by atoms with E-state index in [4.69, 9.17) is 4.74 Å². The molecule has 0 N–H and O–H groups in total. The summed E-state index contributed by atoms with van der Waals surface area (Å²) in [6.45, 7) is 3.81. The molecule has 8 heavy (non-hydrogen) atoms. The Bertz CT molecular complexity index is 74.4. The van der Waals surface area contributed by atoms with Crippen molar-refractivity contribution in [2.75, 3.05) is 0 Å². The Kier molecular flexibility index (Phi) is 8.47. The van der Waals surface area contributed by atoms with Gasteiger partial charge in [-0.2, -0.15) is 0 Å². The Morgan fingerprint density at radius 3 is 2.00 bits per heavy atom. The molecule has 1 nitrogen and oxygen atoms in total. The third-order valence-corrected chi connectivity index (χ3v) is 0.538. The number of ether oxygens (including phenoxy) is 1. The van der Waals surface area contributed by atoms with Crippen molar-refractivity contribution in [2.45, 2.75) is 20.0 Å². The van der Waals surface area contributed by atoms with Crippen molar-refractivity contribution >= 4 is 29.2 Å². The van der Waals surface area contributed by atoms with E-state index >= 15 is 0 Å². The van der Waals surface area contributed by atoms with Crippen molar-refractivity contribution in [3.63, 3.8) is 0 Å². The van der Waals surface area contributed by atoms with Crippen LogP contribution in [0.3, 0.4) is 0 Å². The van der Waals surface area contributed by atoms with Gasteiger partial charge in [-0.3, -0.25) is 0 Å². The third-order valence-electron chi connectivity index (χ3n) is 0.337. The number of thiocarbonyl (C=S) groups is 1. The van der Waals surface area contributed by atoms with Crippen molar-refractivity contribution in [2.24, 2.45) is 0 Å². The van der Waals surface area contributed by atoms with Crippen molar-refractivity contribution < 1.29 is 21.5 Å². The summed E-state index contributed by atoms with van der Waals surface area (Å²) in [5.41, 5.74) is 0. The molecular formula is C4H8CoOS2. The summed E-state index contributed by atoms with van der Waals surface area (Å²) >= 11 is 8.26. The van der Waals surface area contributed by atoms with Gasteiger partial charge in [0.25, 0.3) is 0 Å². The van der Waals surface area contributed by atoms with E-state index < -0.39 is 0 Å². The van der Waals surface area contributed by atoms with Crippen LogP contribution in [0.2, 0.25) is 0 Å². The van der Waals surface area contributed by atoms with Crippen LogP contribution in [-0.4, -0.2) is 10.5 Å². The van der Waals surface area contributed by atoms with Crippen LogP contribution in [-0.2, 0) is 21.5 Å². The maximum absolute atomic E-state index is 4.85. The molecule has 0 heterocycles. The second-order valence-corrected chi connectivity index (χ2v) is 2.51. The van der Waals surface area contributed by atoms with Gasteiger partial charge in [0.1, 0.15) is 0 Å². The maximum atomic E-state index is 4.85. The Morgan fingerprint density at radius 2 is 2.00 bits per heavy atom. The molecule has 0 rings (SSSR count). The fraction of sp³-hybridized carbons (Fsp3) is 0.750. The first-order valence-electron chi connectivity index (χ1n) is 2.02. The summed E-state index contributed by atoms with van der Waals surface area (Å²) in [6, 6.07) is 0. The third kappa shape index (κ3) is 9.89. The molecule has 0 spiro atoms. The molecule has 0 amide bonds. The Labute approximate surface area is 70.8 Å². The van der Waals surface area contributed by atoms with Gasteiger partial charge in [0.15, 0.2) is 0 Å². The van der Waals surface area contributed by atoms with Crippen molar-refractivity contribution in [3.8, 4) is 0 Å². The first-order valence-corrected chi connectivity index (χ1v) is 2.88. The Balaban J connectivity index is 0. The molecule has 0 aliphatic carbocycles. The Hall–Kier alpha value is 0.746. The molecule has 0 aromatic heterocycles. The molecule has 0 saturated carbocycles. The SMILES string of the molecule is CC(C)OC(=S)S.[Co]. The molecule has 0 bridgehead atoms. The van der Waals surface area contributed by atoms with Gasteiger partial charge in [-0.25, -0.2) is 0 Å². The van der Waals surface area contributed by atoms with Crippen molar-refractivity contribution in [1.82, 2.24) is 0 Å². The minimum Gasteiger partial charge on any atom is -0.476 e. The molecule has 0 aliphatic heterocycles. The fourth-order valence-electron chi connectivity index (χ4n) is 0.202. The summed E-state index contributed by atoms with van der Waals surface area (Å²) in [7, 11) is 0. The minimum absolute atomic E-state index is 0. The van der Waals surface area contributed by atoms with Crippen LogP contribution in [0.25, 0.3) is 0 Å². The van der Waals surface area contributed by atoms with Crippen LogP contribution in [0.15, 0.2) is 0 Å². The minimum atomic E-state index is 0. The van der Waals surface area contributed by atoms with E-state index in [0.29, 0.717) is 4.38 Å². The molecule has 1 radical (unpaired) electrons. The quantitative estimate of drug-likeness (QED) is 0.503. The summed E-state index contributed by atoms with van der Waals surface area (Å²) in [5.74, 6) is 0. The Morgan fingerprint density at radius 1 is 1.62 bits per heavy atom. The molecule has 0 unspecified atom stereocenters. The molecule has 0 aliphatic rings. The molecule has 0 aromatic carbocycles. The summed E-state index contributed by atoms with van der Waals surface area (Å²) in [6.07, 6.45) is 0.157. The molecule has 51 valence electrons. The van der Waals surface area contributed by atoms with E-state index in [-0.39, 0.29) is 22.9 Å². The largest absolute Gasteiger partial charge is 0.476 e. The number of rotatable bonds is 1. The average Bonchev–Trinajstić information content (AvgIpc) is 1.27. The zero-order valence-corrected chi connectivity index (χ0v) is 7.43. The van der Waals surface area contributed by atoms with Crippen LogP contribution in [0.1, 0.15) is 13.8 Å². The van der Waals surface area contributed by atoms with E-state index in [1.54, 1.807) is 0 Å². The summed E-state index contributed by atoms with van der Waals surface area (Å²) in [4.78, 5) is 0. The maximum Gasteiger partial charge on any atom is 0.217 e. The van der Waals surface area contributed by atoms with Crippen LogP contribution < -0.4 is 0 Å². The van der Waals surface area contributed by atoms with Crippen LogP contribution >= 0.6 is 24.8 Å². The van der Waals surface area contributed by atoms with E-state index in [1.165, 1.54) is 0 Å². The summed E-state index contributed by atoms with van der Waals surface area (Å²) < 4.78 is 5.16. The summed E-state index contributed by atoms with van der Waals surface area (Å²) in [5, 5.41) is 0. The van der Waals surface area contributed by atoms with Crippen LogP contribution in [0, 0.1) is 0 Å². The van der Waals surface area contributed by atoms with Gasteiger partial charge < -0.3 is 4.74 Å². The zero-order chi connectivity index (χ0) is 5.86. The normalized spacial score (nSPS) is 8.00. The first kappa shape index (κ1) is 11.5. The van der Waals surface area contributed by atoms with E-state index in [1.807, 2.05) is 13.8 Å². The van der Waals surface area contributed by atoms with Gasteiger partial charge in [0, 0.05) is 16.8 Å². The molecule has 4 heteroatoms. The fourth-order valence-corrected chi connectivity index (χ4v) is 0.605. The first-order chi connectivity index (χ1) is 3.13. The van der Waals surface area contributed by atoms with Gasteiger partial charge in [0.2, 0.25) is 4.38 Å². The van der Waals surface area contributed by atoms with E-state index in [9.17, 15) is 0 Å². The number of hydrogen-bond acceptors (Lipinski definition) is 2. The van der Waals surface area contributed by atoms with E-state index in [0.717, 1.165) is 0 Å². The predicted molar refractivity (Wildman–Crippen MR) is 37.8 cm³/mol.